The van der Waals surface area contributed by atoms with E-state index < -0.39 is 8.32 Å². The third kappa shape index (κ3) is 6.46. The summed E-state index contributed by atoms with van der Waals surface area (Å²) < 4.78 is 6.60. The Morgan fingerprint density at radius 2 is 1.57 bits per heavy atom. The molecule has 2 rings (SSSR count). The number of benzene rings is 2. The SMILES string of the molecule is CC(C)N(CCC(c1[c]ccc(O[Si](C)(C)C(C)(C)C)c1)c1ccccc1)C(C)C. The summed E-state index contributed by atoms with van der Waals surface area (Å²) in [4.78, 5) is 2.58. The van der Waals surface area contributed by atoms with Gasteiger partial charge in [0.05, 0.1) is 0 Å². The van der Waals surface area contributed by atoms with Crippen LogP contribution in [0.4, 0.5) is 0 Å². The van der Waals surface area contributed by atoms with Crippen LogP contribution in [0.3, 0.4) is 0 Å². The average Bonchev–Trinajstić information content (AvgIpc) is 2.64. The van der Waals surface area contributed by atoms with Crippen LogP contribution in [0.2, 0.25) is 18.1 Å². The Labute approximate surface area is 186 Å². The zero-order valence-electron chi connectivity index (χ0n) is 20.6. The summed E-state index contributed by atoms with van der Waals surface area (Å²) in [5.41, 5.74) is 2.58. The molecule has 0 fully saturated rings. The van der Waals surface area contributed by atoms with Crippen molar-refractivity contribution in [2.75, 3.05) is 6.54 Å². The van der Waals surface area contributed by atoms with Gasteiger partial charge in [-0.15, -0.1) is 0 Å². The smallest absolute Gasteiger partial charge is 0.250 e. The fourth-order valence-corrected chi connectivity index (χ4v) is 4.78. The maximum absolute atomic E-state index is 6.60. The molecule has 0 saturated heterocycles. The molecule has 165 valence electrons. The van der Waals surface area contributed by atoms with E-state index in [0.717, 1.165) is 18.7 Å². The van der Waals surface area contributed by atoms with Crippen LogP contribution in [-0.2, 0) is 0 Å². The lowest BCUT2D eigenvalue weighted by Crippen LogP contribution is -2.43. The molecule has 2 aromatic rings. The molecule has 3 heteroatoms. The molecule has 2 aromatic carbocycles. The molecule has 1 unspecified atom stereocenters. The highest BCUT2D eigenvalue weighted by Gasteiger charge is 2.39. The van der Waals surface area contributed by atoms with Crippen molar-refractivity contribution in [1.82, 2.24) is 4.90 Å². The molecule has 0 heterocycles. The van der Waals surface area contributed by atoms with E-state index in [1.54, 1.807) is 0 Å². The third-order valence-electron chi connectivity index (χ3n) is 6.55. The van der Waals surface area contributed by atoms with Gasteiger partial charge in [0.2, 0.25) is 8.32 Å². The van der Waals surface area contributed by atoms with Crippen molar-refractivity contribution in [2.24, 2.45) is 0 Å². The Balaban J connectivity index is 2.33. The Morgan fingerprint density at radius 3 is 2.10 bits per heavy atom. The van der Waals surface area contributed by atoms with Crippen molar-refractivity contribution >= 4 is 8.32 Å². The minimum atomic E-state index is -1.87. The molecule has 0 aliphatic carbocycles. The number of nitrogens with zero attached hydrogens (tertiary/aromatic N) is 1. The minimum absolute atomic E-state index is 0.181. The first-order valence-corrected chi connectivity index (χ1v) is 14.3. The molecular formula is C27H42NOSi. The van der Waals surface area contributed by atoms with Crippen molar-refractivity contribution < 1.29 is 4.43 Å². The van der Waals surface area contributed by atoms with E-state index in [4.69, 9.17) is 4.43 Å². The largest absolute Gasteiger partial charge is 0.543 e. The molecule has 2 nitrogen and oxygen atoms in total. The first-order chi connectivity index (χ1) is 13.9. The lowest BCUT2D eigenvalue weighted by atomic mass is 9.88. The van der Waals surface area contributed by atoms with Gasteiger partial charge in [0.1, 0.15) is 5.75 Å². The Bertz CT molecular complexity index is 769. The normalized spacial score (nSPS) is 13.9. The van der Waals surface area contributed by atoms with Crippen LogP contribution in [0.15, 0.2) is 48.5 Å². The molecule has 0 aliphatic rings. The molecular weight excluding hydrogens is 382 g/mol. The molecule has 0 spiro atoms. The second-order valence-electron chi connectivity index (χ2n) is 10.5. The minimum Gasteiger partial charge on any atom is -0.543 e. The summed E-state index contributed by atoms with van der Waals surface area (Å²) in [5, 5.41) is 0.181. The molecule has 1 atom stereocenters. The van der Waals surface area contributed by atoms with Crippen LogP contribution in [0, 0.1) is 6.07 Å². The van der Waals surface area contributed by atoms with E-state index in [1.807, 2.05) is 6.07 Å². The second kappa shape index (κ2) is 10.1. The van der Waals surface area contributed by atoms with Crippen LogP contribution < -0.4 is 4.43 Å². The summed E-state index contributed by atoms with van der Waals surface area (Å²) in [5.74, 6) is 1.30. The third-order valence-corrected chi connectivity index (χ3v) is 10.9. The second-order valence-corrected chi connectivity index (χ2v) is 15.2. The zero-order valence-corrected chi connectivity index (χ0v) is 21.6. The van der Waals surface area contributed by atoms with Gasteiger partial charge in [-0.3, -0.25) is 4.90 Å². The van der Waals surface area contributed by atoms with Crippen LogP contribution in [-0.4, -0.2) is 31.8 Å². The molecule has 0 bridgehead atoms. The van der Waals surface area contributed by atoms with E-state index in [0.29, 0.717) is 18.0 Å². The van der Waals surface area contributed by atoms with Gasteiger partial charge in [0.25, 0.3) is 0 Å². The number of hydrogen-bond donors (Lipinski definition) is 0. The molecule has 1 radical (unpaired) electrons. The predicted molar refractivity (Wildman–Crippen MR) is 133 cm³/mol. The molecule has 30 heavy (non-hydrogen) atoms. The van der Waals surface area contributed by atoms with Crippen molar-refractivity contribution in [2.45, 2.75) is 91.0 Å². The summed E-state index contributed by atoms with van der Waals surface area (Å²) in [6.07, 6.45) is 1.07. The van der Waals surface area contributed by atoms with Crippen LogP contribution in [0.1, 0.15) is 71.9 Å². The Kier molecular flexibility index (Phi) is 8.35. The lowest BCUT2D eigenvalue weighted by molar-refractivity contribution is 0.170. The topological polar surface area (TPSA) is 12.5 Å². The number of rotatable bonds is 9. The first kappa shape index (κ1) is 24.7. The van der Waals surface area contributed by atoms with Gasteiger partial charge in [-0.25, -0.2) is 0 Å². The summed E-state index contributed by atoms with van der Waals surface area (Å²) in [7, 11) is -1.87. The van der Waals surface area contributed by atoms with Crippen molar-refractivity contribution in [3.8, 4) is 5.75 Å². The first-order valence-electron chi connectivity index (χ1n) is 11.4. The zero-order chi connectivity index (χ0) is 22.5. The average molecular weight is 425 g/mol. The fourth-order valence-electron chi connectivity index (χ4n) is 3.75. The van der Waals surface area contributed by atoms with Gasteiger partial charge in [0, 0.05) is 18.0 Å². The Hall–Kier alpha value is -1.58. The molecule has 0 amide bonds. The van der Waals surface area contributed by atoms with Crippen LogP contribution in [0.5, 0.6) is 5.75 Å². The fraction of sp³-hybridized carbons (Fsp3) is 0.556. The lowest BCUT2D eigenvalue weighted by Gasteiger charge is -2.36. The van der Waals surface area contributed by atoms with Crippen molar-refractivity contribution in [3.63, 3.8) is 0 Å². The van der Waals surface area contributed by atoms with E-state index in [9.17, 15) is 0 Å². The van der Waals surface area contributed by atoms with E-state index in [1.165, 1.54) is 11.1 Å². The molecule has 0 saturated carbocycles. The Morgan fingerprint density at radius 1 is 0.967 bits per heavy atom. The molecule has 0 aliphatic heterocycles. The summed E-state index contributed by atoms with van der Waals surface area (Å²) in [6.45, 7) is 21.7. The van der Waals surface area contributed by atoms with Gasteiger partial charge < -0.3 is 4.43 Å². The van der Waals surface area contributed by atoms with Gasteiger partial charge >= 0.3 is 0 Å². The van der Waals surface area contributed by atoms with E-state index in [-0.39, 0.29) is 5.04 Å². The van der Waals surface area contributed by atoms with Crippen LogP contribution >= 0.6 is 0 Å². The van der Waals surface area contributed by atoms with Gasteiger partial charge in [-0.1, -0.05) is 57.2 Å². The maximum Gasteiger partial charge on any atom is 0.250 e. The quantitative estimate of drug-likeness (QED) is 0.386. The van der Waals surface area contributed by atoms with Gasteiger partial charge in [0.15, 0.2) is 0 Å². The molecule has 0 N–H and O–H groups in total. The highest BCUT2D eigenvalue weighted by atomic mass is 28.4. The van der Waals surface area contributed by atoms with Gasteiger partial charge in [-0.2, -0.15) is 0 Å². The monoisotopic (exact) mass is 424 g/mol. The van der Waals surface area contributed by atoms with Crippen LogP contribution in [0.25, 0.3) is 0 Å². The van der Waals surface area contributed by atoms with Gasteiger partial charge in [-0.05, 0) is 88.1 Å². The van der Waals surface area contributed by atoms with Crippen molar-refractivity contribution in [3.05, 3.63) is 65.7 Å². The highest BCUT2D eigenvalue weighted by Crippen LogP contribution is 2.38. The highest BCUT2D eigenvalue weighted by molar-refractivity contribution is 6.74. The predicted octanol–water partition coefficient (Wildman–Crippen LogP) is 7.51. The van der Waals surface area contributed by atoms with Crippen molar-refractivity contribution in [1.29, 1.82) is 0 Å². The summed E-state index contributed by atoms with van der Waals surface area (Å²) >= 11 is 0. The molecule has 0 aromatic heterocycles. The number of hydrogen-bond acceptors (Lipinski definition) is 2. The maximum atomic E-state index is 6.60. The van der Waals surface area contributed by atoms with E-state index >= 15 is 0 Å². The standard InChI is InChI=1S/C27H42NOSi/c1-21(2)28(22(3)4)19-18-26(23-14-11-10-12-15-23)24-16-13-17-25(20-24)29-30(8,9)27(5,6)7/h10-15,17,20-22,26H,18-19H2,1-9H3. The van der Waals surface area contributed by atoms with E-state index in [2.05, 4.69) is 115 Å². The summed E-state index contributed by atoms with van der Waals surface area (Å²) in [6, 6.07) is 21.8.